The van der Waals surface area contributed by atoms with Crippen LogP contribution in [0.1, 0.15) is 11.3 Å². The first-order valence-electron chi connectivity index (χ1n) is 5.61. The van der Waals surface area contributed by atoms with Crippen molar-refractivity contribution >= 4 is 16.5 Å². The van der Waals surface area contributed by atoms with Gasteiger partial charge in [-0.15, -0.1) is 5.10 Å². The number of rotatable bonds is 5. The highest BCUT2D eigenvalue weighted by atomic mass is 32.1. The average Bonchev–Trinajstić information content (AvgIpc) is 2.79. The van der Waals surface area contributed by atoms with Gasteiger partial charge in [0.05, 0.1) is 0 Å². The van der Waals surface area contributed by atoms with Crippen molar-refractivity contribution < 1.29 is 4.39 Å². The largest absolute Gasteiger partial charge is 0.377 e. The molecule has 1 aromatic heterocycles. The smallest absolute Gasteiger partial charge is 0.134 e. The molecule has 96 valence electrons. The van der Waals surface area contributed by atoms with Gasteiger partial charge >= 0.3 is 0 Å². The molecule has 0 atom stereocenters. The van der Waals surface area contributed by atoms with Crippen LogP contribution in [0, 0.1) is 5.82 Å². The van der Waals surface area contributed by atoms with Gasteiger partial charge in [-0.2, -0.15) is 0 Å². The van der Waals surface area contributed by atoms with Crippen molar-refractivity contribution in [2.45, 2.75) is 13.1 Å². The Labute approximate surface area is 110 Å². The summed E-state index contributed by atoms with van der Waals surface area (Å²) in [6.07, 6.45) is 0. The van der Waals surface area contributed by atoms with Crippen molar-refractivity contribution in [2.75, 3.05) is 19.4 Å². The molecule has 6 heteroatoms. The van der Waals surface area contributed by atoms with Crippen LogP contribution in [0.2, 0.25) is 0 Å². The lowest BCUT2D eigenvalue weighted by molar-refractivity contribution is 0.315. The van der Waals surface area contributed by atoms with Crippen molar-refractivity contribution in [2.24, 2.45) is 0 Å². The number of aromatic nitrogens is 2. The second kappa shape index (κ2) is 5.88. The fourth-order valence-corrected chi connectivity index (χ4v) is 2.24. The summed E-state index contributed by atoms with van der Waals surface area (Å²) in [5.41, 5.74) is 2.01. The van der Waals surface area contributed by atoms with Gasteiger partial charge in [0.25, 0.3) is 0 Å². The first-order valence-corrected chi connectivity index (χ1v) is 6.38. The van der Waals surface area contributed by atoms with Crippen LogP contribution in [-0.2, 0) is 13.1 Å². The first kappa shape index (κ1) is 12.9. The molecule has 18 heavy (non-hydrogen) atoms. The second-order valence-corrected chi connectivity index (χ2v) is 4.85. The molecule has 2 aromatic rings. The van der Waals surface area contributed by atoms with Gasteiger partial charge in [0.1, 0.15) is 16.5 Å². The molecular formula is C12H15FN4S. The molecule has 0 bridgehead atoms. The van der Waals surface area contributed by atoms with Gasteiger partial charge in [-0.1, -0.05) is 16.6 Å². The monoisotopic (exact) mass is 266 g/mol. The van der Waals surface area contributed by atoms with Crippen LogP contribution < -0.4 is 5.32 Å². The third-order valence-corrected chi connectivity index (χ3v) is 3.35. The van der Waals surface area contributed by atoms with E-state index in [1.165, 1.54) is 23.7 Å². The fraction of sp³-hybridized carbons (Fsp3) is 0.333. The van der Waals surface area contributed by atoms with E-state index in [0.717, 1.165) is 22.8 Å². The maximum atomic E-state index is 12.8. The summed E-state index contributed by atoms with van der Waals surface area (Å²) in [7, 11) is 3.86. The summed E-state index contributed by atoms with van der Waals surface area (Å²) in [6.45, 7) is 1.46. The van der Waals surface area contributed by atoms with E-state index in [-0.39, 0.29) is 5.82 Å². The Hall–Kier alpha value is -1.53. The maximum absolute atomic E-state index is 12.8. The summed E-state index contributed by atoms with van der Waals surface area (Å²) in [4.78, 5) is 2.12. The normalized spacial score (nSPS) is 10.9. The molecule has 1 aromatic carbocycles. The predicted octanol–water partition coefficient (Wildman–Crippen LogP) is 2.35. The molecule has 0 saturated carbocycles. The highest BCUT2D eigenvalue weighted by molar-refractivity contribution is 7.10. The van der Waals surface area contributed by atoms with Gasteiger partial charge in [0, 0.05) is 31.7 Å². The molecular weight excluding hydrogens is 251 g/mol. The molecule has 1 heterocycles. The molecule has 0 saturated heterocycles. The highest BCUT2D eigenvalue weighted by Gasteiger charge is 2.09. The van der Waals surface area contributed by atoms with Crippen LogP contribution in [0.15, 0.2) is 24.3 Å². The number of hydrogen-bond acceptors (Lipinski definition) is 5. The van der Waals surface area contributed by atoms with E-state index in [2.05, 4.69) is 19.8 Å². The van der Waals surface area contributed by atoms with Crippen molar-refractivity contribution in [3.05, 3.63) is 41.3 Å². The minimum atomic E-state index is -0.206. The van der Waals surface area contributed by atoms with Crippen LogP contribution in [0.3, 0.4) is 0 Å². The molecule has 0 amide bonds. The maximum Gasteiger partial charge on any atom is 0.134 e. The summed E-state index contributed by atoms with van der Waals surface area (Å²) in [5.74, 6) is -0.206. The van der Waals surface area contributed by atoms with E-state index in [1.807, 2.05) is 14.1 Å². The lowest BCUT2D eigenvalue weighted by atomic mass is 10.2. The zero-order chi connectivity index (χ0) is 13.0. The Bertz CT molecular complexity index is 497. The van der Waals surface area contributed by atoms with Crippen LogP contribution in [0.5, 0.6) is 0 Å². The Kier molecular flexibility index (Phi) is 4.22. The highest BCUT2D eigenvalue weighted by Crippen LogP contribution is 2.18. The summed E-state index contributed by atoms with van der Waals surface area (Å²) < 4.78 is 16.7. The second-order valence-electron chi connectivity index (χ2n) is 4.10. The Morgan fingerprint density at radius 1 is 1.28 bits per heavy atom. The third kappa shape index (κ3) is 3.24. The van der Waals surface area contributed by atoms with E-state index in [1.54, 1.807) is 12.1 Å². The van der Waals surface area contributed by atoms with Crippen LogP contribution in [-0.4, -0.2) is 28.6 Å². The van der Waals surface area contributed by atoms with E-state index in [0.29, 0.717) is 6.54 Å². The average molecular weight is 266 g/mol. The SMILES string of the molecule is CNc1snnc1CN(C)Cc1ccc(F)cc1. The molecule has 0 aliphatic heterocycles. The molecule has 4 nitrogen and oxygen atoms in total. The minimum Gasteiger partial charge on any atom is -0.377 e. The number of benzene rings is 1. The topological polar surface area (TPSA) is 41.1 Å². The molecule has 1 N–H and O–H groups in total. The Balaban J connectivity index is 1.96. The molecule has 0 spiro atoms. The van der Waals surface area contributed by atoms with Gasteiger partial charge in [0.2, 0.25) is 0 Å². The van der Waals surface area contributed by atoms with E-state index in [4.69, 9.17) is 0 Å². The third-order valence-electron chi connectivity index (χ3n) is 2.57. The number of nitrogens with zero attached hydrogens (tertiary/aromatic N) is 3. The van der Waals surface area contributed by atoms with Crippen molar-refractivity contribution in [1.29, 1.82) is 0 Å². The molecule has 0 fully saturated rings. The molecule has 0 radical (unpaired) electrons. The van der Waals surface area contributed by atoms with Crippen LogP contribution in [0.4, 0.5) is 9.39 Å². The van der Waals surface area contributed by atoms with E-state index < -0.39 is 0 Å². The minimum absolute atomic E-state index is 0.206. The zero-order valence-electron chi connectivity index (χ0n) is 10.4. The van der Waals surface area contributed by atoms with Gasteiger partial charge in [-0.05, 0) is 24.7 Å². The Morgan fingerprint density at radius 3 is 2.67 bits per heavy atom. The molecule has 0 aliphatic rings. The fourth-order valence-electron chi connectivity index (χ4n) is 1.72. The summed E-state index contributed by atoms with van der Waals surface area (Å²) >= 11 is 1.35. The number of hydrogen-bond donors (Lipinski definition) is 1. The van der Waals surface area contributed by atoms with Gasteiger partial charge < -0.3 is 5.32 Å². The van der Waals surface area contributed by atoms with Crippen molar-refractivity contribution in [1.82, 2.24) is 14.5 Å². The standard InChI is InChI=1S/C12H15FN4S/c1-14-12-11(15-16-18-12)8-17(2)7-9-3-5-10(13)6-4-9/h3-6,14H,7-8H2,1-2H3. The summed E-state index contributed by atoms with van der Waals surface area (Å²) in [6, 6.07) is 6.55. The zero-order valence-corrected chi connectivity index (χ0v) is 11.2. The lowest BCUT2D eigenvalue weighted by Crippen LogP contribution is -2.18. The van der Waals surface area contributed by atoms with Crippen molar-refractivity contribution in [3.63, 3.8) is 0 Å². The van der Waals surface area contributed by atoms with Gasteiger partial charge in [-0.25, -0.2) is 4.39 Å². The van der Waals surface area contributed by atoms with E-state index >= 15 is 0 Å². The summed E-state index contributed by atoms with van der Waals surface area (Å²) in [5, 5.41) is 8.14. The number of nitrogens with one attached hydrogen (secondary N) is 1. The predicted molar refractivity (Wildman–Crippen MR) is 71.0 cm³/mol. The molecule has 0 aliphatic carbocycles. The van der Waals surface area contributed by atoms with Gasteiger partial charge in [0.15, 0.2) is 0 Å². The van der Waals surface area contributed by atoms with Gasteiger partial charge in [-0.3, -0.25) is 4.90 Å². The van der Waals surface area contributed by atoms with Crippen molar-refractivity contribution in [3.8, 4) is 0 Å². The molecule has 0 unspecified atom stereocenters. The number of halogens is 1. The van der Waals surface area contributed by atoms with E-state index in [9.17, 15) is 4.39 Å². The first-order chi connectivity index (χ1) is 8.69. The lowest BCUT2D eigenvalue weighted by Gasteiger charge is -2.15. The van der Waals surface area contributed by atoms with Crippen LogP contribution in [0.25, 0.3) is 0 Å². The van der Waals surface area contributed by atoms with Crippen LogP contribution >= 0.6 is 11.5 Å². The molecule has 2 rings (SSSR count). The Morgan fingerprint density at radius 2 is 2.00 bits per heavy atom. The quantitative estimate of drug-likeness (QED) is 0.902. The number of anilines is 1.